The van der Waals surface area contributed by atoms with E-state index >= 15 is 0 Å². The zero-order valence-electron chi connectivity index (χ0n) is 18.1. The van der Waals surface area contributed by atoms with Gasteiger partial charge in [0, 0.05) is 13.1 Å². The number of hydrogen-bond donors (Lipinski definition) is 3. The molecule has 0 spiro atoms. The Hall–Kier alpha value is -3.14. The molecule has 0 unspecified atom stereocenters. The van der Waals surface area contributed by atoms with Crippen LogP contribution in [0.5, 0.6) is 0 Å². The lowest BCUT2D eigenvalue weighted by atomic mass is 10.1. The third-order valence-electron chi connectivity index (χ3n) is 5.90. The van der Waals surface area contributed by atoms with Gasteiger partial charge in [-0.1, -0.05) is 30.3 Å². The number of ether oxygens (including phenoxy) is 1. The zero-order chi connectivity index (χ0) is 23.3. The summed E-state index contributed by atoms with van der Waals surface area (Å²) in [5.74, 6) is -1.71. The predicted molar refractivity (Wildman–Crippen MR) is 114 cm³/mol. The smallest absolute Gasteiger partial charge is 0.410 e. The van der Waals surface area contributed by atoms with E-state index in [1.165, 1.54) is 16.7 Å². The van der Waals surface area contributed by atoms with Gasteiger partial charge in [0.05, 0.1) is 6.10 Å². The highest BCUT2D eigenvalue weighted by Crippen LogP contribution is 2.26. The molecule has 2 heterocycles. The number of amides is 4. The lowest BCUT2D eigenvalue weighted by Crippen LogP contribution is -2.57. The van der Waals surface area contributed by atoms with E-state index in [2.05, 4.69) is 5.32 Å². The van der Waals surface area contributed by atoms with Gasteiger partial charge in [-0.2, -0.15) is 0 Å². The first-order valence-corrected chi connectivity index (χ1v) is 10.8. The van der Waals surface area contributed by atoms with Crippen molar-refractivity contribution in [1.82, 2.24) is 15.1 Å². The summed E-state index contributed by atoms with van der Waals surface area (Å²) in [7, 11) is 0. The summed E-state index contributed by atoms with van der Waals surface area (Å²) in [5, 5.41) is 12.1. The summed E-state index contributed by atoms with van der Waals surface area (Å²) in [6, 6.07) is 6.54. The maximum atomic E-state index is 13.3. The van der Waals surface area contributed by atoms with Gasteiger partial charge in [0.25, 0.3) is 0 Å². The molecular weight excluding hydrogens is 416 g/mol. The number of benzene rings is 1. The van der Waals surface area contributed by atoms with Crippen molar-refractivity contribution in [3.05, 3.63) is 35.9 Å². The molecule has 10 heteroatoms. The number of hydrogen-bond acceptors (Lipinski definition) is 6. The van der Waals surface area contributed by atoms with Gasteiger partial charge < -0.3 is 25.8 Å². The number of likely N-dealkylation sites (tertiary alicyclic amines) is 2. The molecule has 174 valence electrons. The average molecular weight is 447 g/mol. The lowest BCUT2D eigenvalue weighted by molar-refractivity contribution is -0.142. The number of aliphatic hydroxyl groups excluding tert-OH is 1. The van der Waals surface area contributed by atoms with E-state index in [4.69, 9.17) is 10.5 Å². The van der Waals surface area contributed by atoms with E-state index in [1.54, 1.807) is 0 Å². The molecule has 32 heavy (non-hydrogen) atoms. The van der Waals surface area contributed by atoms with Crippen molar-refractivity contribution < 1.29 is 29.0 Å². The number of nitrogens with zero attached hydrogens (tertiary/aromatic N) is 2. The monoisotopic (exact) mass is 446 g/mol. The van der Waals surface area contributed by atoms with E-state index in [-0.39, 0.29) is 12.5 Å². The van der Waals surface area contributed by atoms with Gasteiger partial charge in [-0.25, -0.2) is 4.79 Å². The minimum absolute atomic E-state index is 0.111. The van der Waals surface area contributed by atoms with Crippen molar-refractivity contribution in [2.24, 2.45) is 5.73 Å². The van der Waals surface area contributed by atoms with E-state index in [9.17, 15) is 24.3 Å². The van der Waals surface area contributed by atoms with Crippen molar-refractivity contribution in [2.75, 3.05) is 13.1 Å². The van der Waals surface area contributed by atoms with Crippen LogP contribution in [-0.4, -0.2) is 76.0 Å². The Bertz CT molecular complexity index is 846. The minimum Gasteiger partial charge on any atom is -0.445 e. The molecule has 0 bridgehead atoms. The van der Waals surface area contributed by atoms with Gasteiger partial charge in [0.1, 0.15) is 24.7 Å². The van der Waals surface area contributed by atoms with Crippen molar-refractivity contribution in [2.45, 2.75) is 63.4 Å². The Labute approximate surface area is 186 Å². The highest BCUT2D eigenvalue weighted by molar-refractivity contribution is 5.94. The first-order chi connectivity index (χ1) is 15.3. The van der Waals surface area contributed by atoms with Gasteiger partial charge in [-0.15, -0.1) is 0 Å². The summed E-state index contributed by atoms with van der Waals surface area (Å²) in [6.45, 7) is 2.24. The van der Waals surface area contributed by atoms with Crippen molar-refractivity contribution in [3.8, 4) is 0 Å². The summed E-state index contributed by atoms with van der Waals surface area (Å²) in [6.07, 6.45) is 0.466. The van der Waals surface area contributed by atoms with Crippen LogP contribution in [0.3, 0.4) is 0 Å². The highest BCUT2D eigenvalue weighted by Gasteiger charge is 2.43. The number of primary amides is 1. The van der Waals surface area contributed by atoms with Crippen LogP contribution in [-0.2, 0) is 25.7 Å². The van der Waals surface area contributed by atoms with Crippen LogP contribution in [0.25, 0.3) is 0 Å². The van der Waals surface area contributed by atoms with Crippen molar-refractivity contribution in [3.63, 3.8) is 0 Å². The van der Waals surface area contributed by atoms with Crippen molar-refractivity contribution >= 4 is 23.8 Å². The maximum absolute atomic E-state index is 13.3. The minimum atomic E-state index is -1.24. The third-order valence-corrected chi connectivity index (χ3v) is 5.90. The first kappa shape index (κ1) is 23.5. The summed E-state index contributed by atoms with van der Waals surface area (Å²) < 4.78 is 5.39. The second kappa shape index (κ2) is 10.4. The molecule has 0 aromatic heterocycles. The fourth-order valence-electron chi connectivity index (χ4n) is 4.22. The standard InChI is InChI=1S/C22H30N4O6/c1-14(27)18(19(23)28)24-20(29)16-9-5-11-25(16)21(30)17-10-6-12-26(17)22(31)32-13-15-7-3-2-4-8-15/h2-4,7-8,14,16-18,27H,5-6,9-13H2,1H3,(H2,23,28)(H,24,29)/t14-,16-,17-,18+/m1/s1. The number of carbonyl (C=O) groups is 4. The highest BCUT2D eigenvalue weighted by atomic mass is 16.6. The number of rotatable bonds is 7. The number of aliphatic hydroxyl groups is 1. The predicted octanol–water partition coefficient (Wildman–Crippen LogP) is 0.130. The van der Waals surface area contributed by atoms with Crippen LogP contribution in [0.15, 0.2) is 30.3 Å². The molecule has 2 saturated heterocycles. The van der Waals surface area contributed by atoms with E-state index < -0.39 is 42.1 Å². The van der Waals surface area contributed by atoms with Gasteiger partial charge in [0.15, 0.2) is 0 Å². The quantitative estimate of drug-likeness (QED) is 0.543. The van der Waals surface area contributed by atoms with E-state index in [0.29, 0.717) is 38.8 Å². The molecule has 1 aromatic carbocycles. The Morgan fingerprint density at radius 2 is 1.72 bits per heavy atom. The fourth-order valence-corrected chi connectivity index (χ4v) is 4.22. The normalized spacial score (nSPS) is 22.3. The molecule has 4 atom stereocenters. The summed E-state index contributed by atoms with van der Waals surface area (Å²) in [5.41, 5.74) is 6.10. The molecule has 2 fully saturated rings. The van der Waals surface area contributed by atoms with Gasteiger partial charge in [-0.05, 0) is 38.2 Å². The number of nitrogens with one attached hydrogen (secondary N) is 1. The molecule has 0 saturated carbocycles. The Morgan fingerprint density at radius 3 is 2.34 bits per heavy atom. The molecule has 0 aliphatic carbocycles. The van der Waals surface area contributed by atoms with Crippen LogP contribution in [0.2, 0.25) is 0 Å². The molecule has 2 aliphatic rings. The molecular formula is C22H30N4O6. The number of nitrogens with two attached hydrogens (primary N) is 1. The molecule has 4 amide bonds. The molecule has 1 aromatic rings. The second-order valence-corrected chi connectivity index (χ2v) is 8.21. The Balaban J connectivity index is 1.63. The van der Waals surface area contributed by atoms with Crippen LogP contribution >= 0.6 is 0 Å². The van der Waals surface area contributed by atoms with E-state index in [0.717, 1.165) is 5.56 Å². The fraction of sp³-hybridized carbons (Fsp3) is 0.545. The van der Waals surface area contributed by atoms with Gasteiger partial charge in [0.2, 0.25) is 17.7 Å². The first-order valence-electron chi connectivity index (χ1n) is 10.8. The summed E-state index contributed by atoms with van der Waals surface area (Å²) in [4.78, 5) is 53.0. The zero-order valence-corrected chi connectivity index (χ0v) is 18.1. The molecule has 10 nitrogen and oxygen atoms in total. The third kappa shape index (κ3) is 5.37. The molecule has 0 radical (unpaired) electrons. The molecule has 3 rings (SSSR count). The maximum Gasteiger partial charge on any atom is 0.410 e. The number of carbonyl (C=O) groups excluding carboxylic acids is 4. The van der Waals surface area contributed by atoms with Crippen LogP contribution in [0.1, 0.15) is 38.2 Å². The SMILES string of the molecule is C[C@@H](O)[C@H](NC(=O)[C@H]1CCCN1C(=O)[C@H]1CCCN1C(=O)OCc1ccccc1)C(N)=O. The van der Waals surface area contributed by atoms with Gasteiger partial charge >= 0.3 is 6.09 Å². The Kier molecular flexibility index (Phi) is 7.68. The second-order valence-electron chi connectivity index (χ2n) is 8.21. The topological polar surface area (TPSA) is 142 Å². The van der Waals surface area contributed by atoms with E-state index in [1.807, 2.05) is 30.3 Å². The molecule has 4 N–H and O–H groups in total. The average Bonchev–Trinajstić information content (AvgIpc) is 3.45. The Morgan fingerprint density at radius 1 is 1.09 bits per heavy atom. The van der Waals surface area contributed by atoms with Crippen LogP contribution in [0, 0.1) is 0 Å². The summed E-state index contributed by atoms with van der Waals surface area (Å²) >= 11 is 0. The van der Waals surface area contributed by atoms with Crippen molar-refractivity contribution in [1.29, 1.82) is 0 Å². The van der Waals surface area contributed by atoms with Crippen LogP contribution in [0.4, 0.5) is 4.79 Å². The molecule has 2 aliphatic heterocycles. The van der Waals surface area contributed by atoms with Crippen LogP contribution < -0.4 is 11.1 Å². The largest absolute Gasteiger partial charge is 0.445 e. The van der Waals surface area contributed by atoms with Gasteiger partial charge in [-0.3, -0.25) is 19.3 Å². The lowest BCUT2D eigenvalue weighted by Gasteiger charge is -2.31.